The summed E-state index contributed by atoms with van der Waals surface area (Å²) in [5, 5.41) is 9.09. The number of anilines is 1. The molecule has 2 aliphatic heterocycles. The number of nitrogens with zero attached hydrogens (tertiary/aromatic N) is 3. The van der Waals surface area contributed by atoms with Crippen LogP contribution in [0.15, 0.2) is 30.3 Å². The van der Waals surface area contributed by atoms with Crippen LogP contribution in [0.1, 0.15) is 29.7 Å². The first-order valence-corrected chi connectivity index (χ1v) is 9.20. The largest absolute Gasteiger partial charge is 0.493 e. The predicted octanol–water partition coefficient (Wildman–Crippen LogP) is 3.04. The van der Waals surface area contributed by atoms with Gasteiger partial charge in [-0.05, 0) is 54.7 Å². The molecule has 1 saturated heterocycles. The molecular formula is C21H23N3O3. The number of pyridine rings is 1. The van der Waals surface area contributed by atoms with Crippen molar-refractivity contribution in [2.75, 3.05) is 38.8 Å². The summed E-state index contributed by atoms with van der Waals surface area (Å²) in [5.74, 6) is 2.36. The Bertz CT molecular complexity index is 883. The molecule has 0 saturated carbocycles. The quantitative estimate of drug-likeness (QED) is 0.833. The van der Waals surface area contributed by atoms with Crippen LogP contribution in [0, 0.1) is 11.3 Å². The lowest BCUT2D eigenvalue weighted by Gasteiger charge is -2.45. The van der Waals surface area contributed by atoms with E-state index in [1.807, 2.05) is 12.1 Å². The lowest BCUT2D eigenvalue weighted by atomic mass is 9.79. The van der Waals surface area contributed by atoms with Crippen molar-refractivity contribution in [1.29, 1.82) is 5.26 Å². The van der Waals surface area contributed by atoms with E-state index in [2.05, 4.69) is 28.1 Å². The summed E-state index contributed by atoms with van der Waals surface area (Å²) in [6, 6.07) is 11.9. The van der Waals surface area contributed by atoms with Gasteiger partial charge in [-0.25, -0.2) is 4.98 Å². The summed E-state index contributed by atoms with van der Waals surface area (Å²) in [7, 11) is 3.33. The van der Waals surface area contributed by atoms with Gasteiger partial charge in [0.1, 0.15) is 17.6 Å². The summed E-state index contributed by atoms with van der Waals surface area (Å²) in [6.07, 6.45) is 2.62. The molecule has 1 fully saturated rings. The molecule has 3 heterocycles. The monoisotopic (exact) mass is 365 g/mol. The maximum Gasteiger partial charge on any atom is 0.161 e. The fourth-order valence-corrected chi connectivity index (χ4v) is 4.16. The highest BCUT2D eigenvalue weighted by molar-refractivity contribution is 5.51. The predicted molar refractivity (Wildman–Crippen MR) is 101 cm³/mol. The molecule has 0 bridgehead atoms. The van der Waals surface area contributed by atoms with E-state index >= 15 is 0 Å². The fourth-order valence-electron chi connectivity index (χ4n) is 4.16. The summed E-state index contributed by atoms with van der Waals surface area (Å²) in [6.45, 7) is 2.37. The molecule has 1 aromatic carbocycles. The van der Waals surface area contributed by atoms with Crippen LogP contribution >= 0.6 is 0 Å². The molecule has 6 heteroatoms. The Kier molecular flexibility index (Phi) is 4.63. The van der Waals surface area contributed by atoms with E-state index in [1.54, 1.807) is 20.3 Å². The Hall–Kier alpha value is -2.78. The van der Waals surface area contributed by atoms with E-state index in [0.29, 0.717) is 12.3 Å². The number of piperidine rings is 1. The molecule has 2 aromatic rings. The molecule has 27 heavy (non-hydrogen) atoms. The minimum Gasteiger partial charge on any atom is -0.493 e. The molecular weight excluding hydrogens is 342 g/mol. The number of hydrogen-bond acceptors (Lipinski definition) is 6. The van der Waals surface area contributed by atoms with E-state index in [9.17, 15) is 0 Å². The maximum atomic E-state index is 9.09. The Balaban J connectivity index is 1.61. The van der Waals surface area contributed by atoms with E-state index in [1.165, 1.54) is 11.1 Å². The summed E-state index contributed by atoms with van der Waals surface area (Å²) >= 11 is 0. The molecule has 0 radical (unpaired) electrons. The zero-order chi connectivity index (χ0) is 18.9. The normalized spacial score (nSPS) is 17.9. The van der Waals surface area contributed by atoms with Crippen molar-refractivity contribution < 1.29 is 14.2 Å². The van der Waals surface area contributed by atoms with Gasteiger partial charge in [0.25, 0.3) is 0 Å². The first-order chi connectivity index (χ1) is 13.2. The second kappa shape index (κ2) is 7.09. The third kappa shape index (κ3) is 3.08. The van der Waals surface area contributed by atoms with Crippen LogP contribution in [0.25, 0.3) is 0 Å². The van der Waals surface area contributed by atoms with Crippen LogP contribution in [-0.4, -0.2) is 38.9 Å². The van der Waals surface area contributed by atoms with Crippen molar-refractivity contribution >= 4 is 5.82 Å². The average Bonchev–Trinajstić information content (AvgIpc) is 2.73. The van der Waals surface area contributed by atoms with Crippen molar-refractivity contribution in [2.24, 2.45) is 0 Å². The highest BCUT2D eigenvalue weighted by atomic mass is 16.5. The first kappa shape index (κ1) is 17.6. The smallest absolute Gasteiger partial charge is 0.161 e. The van der Waals surface area contributed by atoms with E-state index in [-0.39, 0.29) is 5.60 Å². The van der Waals surface area contributed by atoms with Gasteiger partial charge < -0.3 is 19.1 Å². The second-order valence-electron chi connectivity index (χ2n) is 6.94. The molecule has 2 aliphatic rings. The van der Waals surface area contributed by atoms with Gasteiger partial charge in [-0.15, -0.1) is 0 Å². The average molecular weight is 365 g/mol. The summed E-state index contributed by atoms with van der Waals surface area (Å²) < 4.78 is 17.3. The van der Waals surface area contributed by atoms with Gasteiger partial charge >= 0.3 is 0 Å². The van der Waals surface area contributed by atoms with Crippen LogP contribution in [0.4, 0.5) is 5.82 Å². The third-order valence-electron chi connectivity index (χ3n) is 5.59. The number of benzene rings is 1. The minimum absolute atomic E-state index is 0.295. The molecule has 4 rings (SSSR count). The van der Waals surface area contributed by atoms with Crippen LogP contribution in [-0.2, 0) is 16.8 Å². The molecule has 0 unspecified atom stereocenters. The second-order valence-corrected chi connectivity index (χ2v) is 6.94. The summed E-state index contributed by atoms with van der Waals surface area (Å²) in [5.41, 5.74) is 2.64. The Morgan fingerprint density at radius 2 is 1.89 bits per heavy atom. The molecule has 6 nitrogen and oxygen atoms in total. The standard InChI is InChI=1S/C21H23N3O3/c1-25-18-12-15-6-11-27-21(17(15)13-19(18)26-2)7-9-24(10-8-21)20-5-3-4-16(14-22)23-20/h3-5,12-13H,6-11H2,1-2H3. The van der Waals surface area contributed by atoms with Crippen molar-refractivity contribution in [1.82, 2.24) is 4.98 Å². The third-order valence-corrected chi connectivity index (χ3v) is 5.59. The fraction of sp³-hybridized carbons (Fsp3) is 0.429. The molecule has 1 spiro atoms. The molecule has 1 aromatic heterocycles. The minimum atomic E-state index is -0.295. The van der Waals surface area contributed by atoms with Crippen molar-refractivity contribution in [2.45, 2.75) is 24.9 Å². The zero-order valence-corrected chi connectivity index (χ0v) is 15.7. The van der Waals surface area contributed by atoms with Gasteiger partial charge in [0.15, 0.2) is 11.5 Å². The molecule has 0 atom stereocenters. The van der Waals surface area contributed by atoms with E-state index in [4.69, 9.17) is 19.5 Å². The van der Waals surface area contributed by atoms with Crippen LogP contribution in [0.3, 0.4) is 0 Å². The number of ether oxygens (including phenoxy) is 3. The van der Waals surface area contributed by atoms with Gasteiger partial charge in [-0.1, -0.05) is 6.07 Å². The SMILES string of the molecule is COc1cc2c(cc1OC)C1(CCN(c3cccc(C#N)n3)CC1)OCC2. The van der Waals surface area contributed by atoms with Gasteiger partial charge in [0.05, 0.1) is 26.4 Å². The van der Waals surface area contributed by atoms with Crippen LogP contribution in [0.5, 0.6) is 11.5 Å². The van der Waals surface area contributed by atoms with E-state index < -0.39 is 0 Å². The lowest BCUT2D eigenvalue weighted by Crippen LogP contribution is -2.47. The Morgan fingerprint density at radius 3 is 2.59 bits per heavy atom. The topological polar surface area (TPSA) is 67.6 Å². The van der Waals surface area contributed by atoms with Gasteiger partial charge in [0, 0.05) is 13.1 Å². The number of nitriles is 1. The van der Waals surface area contributed by atoms with Crippen molar-refractivity contribution in [3.05, 3.63) is 47.2 Å². The van der Waals surface area contributed by atoms with Crippen LogP contribution < -0.4 is 14.4 Å². The van der Waals surface area contributed by atoms with Gasteiger partial charge in [-0.2, -0.15) is 5.26 Å². The Labute approximate surface area is 159 Å². The lowest BCUT2D eigenvalue weighted by molar-refractivity contribution is -0.0768. The molecule has 0 amide bonds. The van der Waals surface area contributed by atoms with Gasteiger partial charge in [-0.3, -0.25) is 0 Å². The molecule has 0 aliphatic carbocycles. The Morgan fingerprint density at radius 1 is 1.15 bits per heavy atom. The molecule has 140 valence electrons. The van der Waals surface area contributed by atoms with Crippen molar-refractivity contribution in [3.8, 4) is 17.6 Å². The number of rotatable bonds is 3. The number of fused-ring (bicyclic) bond motifs is 2. The summed E-state index contributed by atoms with van der Waals surface area (Å²) in [4.78, 5) is 6.66. The van der Waals surface area contributed by atoms with E-state index in [0.717, 1.165) is 49.7 Å². The van der Waals surface area contributed by atoms with Gasteiger partial charge in [0.2, 0.25) is 0 Å². The maximum absolute atomic E-state index is 9.09. The zero-order valence-electron chi connectivity index (χ0n) is 15.7. The number of hydrogen-bond donors (Lipinski definition) is 0. The molecule has 0 N–H and O–H groups in total. The van der Waals surface area contributed by atoms with Crippen LogP contribution in [0.2, 0.25) is 0 Å². The van der Waals surface area contributed by atoms with Crippen molar-refractivity contribution in [3.63, 3.8) is 0 Å². The first-order valence-electron chi connectivity index (χ1n) is 9.20. The number of aromatic nitrogens is 1. The highest BCUT2D eigenvalue weighted by Gasteiger charge is 2.41. The number of methoxy groups -OCH3 is 2. The highest BCUT2D eigenvalue weighted by Crippen LogP contribution is 2.45.